The van der Waals surface area contributed by atoms with Crippen molar-refractivity contribution in [3.63, 3.8) is 0 Å². The summed E-state index contributed by atoms with van der Waals surface area (Å²) in [4.78, 5) is 0. The molecule has 0 fully saturated rings. The van der Waals surface area contributed by atoms with Crippen molar-refractivity contribution in [3.05, 3.63) is 35.4 Å². The fourth-order valence-electron chi connectivity index (χ4n) is 1.42. The summed E-state index contributed by atoms with van der Waals surface area (Å²) >= 11 is 0. The fourth-order valence-corrected chi connectivity index (χ4v) is 1.42. The molecular formula is C11H18N2. The highest BCUT2D eigenvalue weighted by Gasteiger charge is 2.13. The highest BCUT2D eigenvalue weighted by molar-refractivity contribution is 5.28. The first-order valence-electron chi connectivity index (χ1n) is 4.58. The zero-order chi connectivity index (χ0) is 9.90. The van der Waals surface area contributed by atoms with Crippen molar-refractivity contribution in [2.75, 3.05) is 0 Å². The molecule has 0 saturated heterocycles. The Morgan fingerprint density at radius 1 is 1.15 bits per heavy atom. The molecule has 1 rings (SSSR count). The van der Waals surface area contributed by atoms with Gasteiger partial charge in [-0.1, -0.05) is 24.3 Å². The van der Waals surface area contributed by atoms with Crippen molar-refractivity contribution in [3.8, 4) is 0 Å². The molecule has 1 aromatic carbocycles. The van der Waals surface area contributed by atoms with Crippen LogP contribution in [0.3, 0.4) is 0 Å². The van der Waals surface area contributed by atoms with Crippen LogP contribution in [-0.4, -0.2) is 5.54 Å². The highest BCUT2D eigenvalue weighted by Crippen LogP contribution is 2.14. The quantitative estimate of drug-likeness (QED) is 0.735. The summed E-state index contributed by atoms with van der Waals surface area (Å²) in [5, 5.41) is 0. The van der Waals surface area contributed by atoms with Crippen LogP contribution in [0.25, 0.3) is 0 Å². The topological polar surface area (TPSA) is 52.0 Å². The number of hydrogen-bond acceptors (Lipinski definition) is 2. The Bertz CT molecular complexity index is 274. The van der Waals surface area contributed by atoms with Gasteiger partial charge < -0.3 is 11.5 Å². The van der Waals surface area contributed by atoms with Crippen LogP contribution in [0.4, 0.5) is 0 Å². The standard InChI is InChI=1S/C11H18N2/c1-11(2,13)7-9-5-3-4-6-10(9)8-12/h3-6H,7-8,12-13H2,1-2H3. The molecule has 0 radical (unpaired) electrons. The zero-order valence-corrected chi connectivity index (χ0v) is 8.38. The maximum absolute atomic E-state index is 5.95. The number of rotatable bonds is 3. The largest absolute Gasteiger partial charge is 0.326 e. The van der Waals surface area contributed by atoms with Gasteiger partial charge in [0.1, 0.15) is 0 Å². The lowest BCUT2D eigenvalue weighted by Gasteiger charge is -2.20. The Morgan fingerprint density at radius 2 is 1.69 bits per heavy atom. The maximum atomic E-state index is 5.95. The number of nitrogens with two attached hydrogens (primary N) is 2. The third kappa shape index (κ3) is 3.17. The summed E-state index contributed by atoms with van der Waals surface area (Å²) < 4.78 is 0. The predicted molar refractivity (Wildman–Crippen MR) is 56.3 cm³/mol. The summed E-state index contributed by atoms with van der Waals surface area (Å²) in [6.07, 6.45) is 0.875. The van der Waals surface area contributed by atoms with Crippen LogP contribution in [0.1, 0.15) is 25.0 Å². The average Bonchev–Trinajstić information content (AvgIpc) is 2.02. The van der Waals surface area contributed by atoms with E-state index in [1.807, 2.05) is 26.0 Å². The molecule has 0 amide bonds. The molecule has 2 nitrogen and oxygen atoms in total. The van der Waals surface area contributed by atoms with E-state index in [1.54, 1.807) is 0 Å². The first kappa shape index (κ1) is 10.2. The van der Waals surface area contributed by atoms with Gasteiger partial charge in [0.05, 0.1) is 0 Å². The normalized spacial score (nSPS) is 11.7. The highest BCUT2D eigenvalue weighted by atomic mass is 14.7. The molecule has 1 aromatic rings. The second-order valence-corrected chi connectivity index (χ2v) is 4.14. The van der Waals surface area contributed by atoms with Crippen LogP contribution in [0.15, 0.2) is 24.3 Å². The maximum Gasteiger partial charge on any atom is 0.0180 e. The molecule has 0 heterocycles. The van der Waals surface area contributed by atoms with Gasteiger partial charge in [0.25, 0.3) is 0 Å². The molecule has 0 bridgehead atoms. The fraction of sp³-hybridized carbons (Fsp3) is 0.455. The third-order valence-electron chi connectivity index (χ3n) is 1.98. The van der Waals surface area contributed by atoms with E-state index in [2.05, 4.69) is 12.1 Å². The van der Waals surface area contributed by atoms with E-state index in [0.29, 0.717) is 6.54 Å². The Balaban J connectivity index is 2.87. The van der Waals surface area contributed by atoms with E-state index in [4.69, 9.17) is 11.5 Å². The van der Waals surface area contributed by atoms with Crippen molar-refractivity contribution < 1.29 is 0 Å². The summed E-state index contributed by atoms with van der Waals surface area (Å²) in [7, 11) is 0. The van der Waals surface area contributed by atoms with Crippen molar-refractivity contribution >= 4 is 0 Å². The van der Waals surface area contributed by atoms with Gasteiger partial charge >= 0.3 is 0 Å². The van der Waals surface area contributed by atoms with Gasteiger partial charge in [-0.05, 0) is 31.4 Å². The van der Waals surface area contributed by atoms with E-state index in [0.717, 1.165) is 6.42 Å². The molecular weight excluding hydrogens is 160 g/mol. The lowest BCUT2D eigenvalue weighted by atomic mass is 9.93. The van der Waals surface area contributed by atoms with Gasteiger partial charge in [0.2, 0.25) is 0 Å². The van der Waals surface area contributed by atoms with Gasteiger partial charge in [-0.25, -0.2) is 0 Å². The van der Waals surface area contributed by atoms with Crippen molar-refractivity contribution in [2.45, 2.75) is 32.4 Å². The molecule has 2 heteroatoms. The second kappa shape index (κ2) is 3.90. The molecule has 0 spiro atoms. The van der Waals surface area contributed by atoms with Gasteiger partial charge in [-0.2, -0.15) is 0 Å². The summed E-state index contributed by atoms with van der Waals surface area (Å²) in [6.45, 7) is 4.65. The molecule has 0 aliphatic heterocycles. The van der Waals surface area contributed by atoms with E-state index >= 15 is 0 Å². The number of hydrogen-bond donors (Lipinski definition) is 2. The smallest absolute Gasteiger partial charge is 0.0180 e. The molecule has 0 aliphatic rings. The summed E-state index contributed by atoms with van der Waals surface area (Å²) in [5.74, 6) is 0. The van der Waals surface area contributed by atoms with Crippen LogP contribution < -0.4 is 11.5 Å². The van der Waals surface area contributed by atoms with Crippen LogP contribution in [0.2, 0.25) is 0 Å². The van der Waals surface area contributed by atoms with E-state index in [9.17, 15) is 0 Å². The predicted octanol–water partition coefficient (Wildman–Crippen LogP) is 1.43. The van der Waals surface area contributed by atoms with Gasteiger partial charge in [0, 0.05) is 12.1 Å². The van der Waals surface area contributed by atoms with Gasteiger partial charge in [0.15, 0.2) is 0 Å². The van der Waals surface area contributed by atoms with E-state index in [1.165, 1.54) is 11.1 Å². The minimum absolute atomic E-state index is 0.161. The lowest BCUT2D eigenvalue weighted by molar-refractivity contribution is 0.514. The Labute approximate surface area is 79.9 Å². The lowest BCUT2D eigenvalue weighted by Crippen LogP contribution is -2.34. The monoisotopic (exact) mass is 178 g/mol. The minimum Gasteiger partial charge on any atom is -0.326 e. The Kier molecular flexibility index (Phi) is 3.07. The van der Waals surface area contributed by atoms with Crippen LogP contribution in [-0.2, 0) is 13.0 Å². The van der Waals surface area contributed by atoms with E-state index in [-0.39, 0.29) is 5.54 Å². The van der Waals surface area contributed by atoms with Crippen molar-refractivity contribution in [1.82, 2.24) is 0 Å². The van der Waals surface area contributed by atoms with E-state index < -0.39 is 0 Å². The summed E-state index contributed by atoms with van der Waals surface area (Å²) in [6, 6.07) is 8.19. The average molecular weight is 178 g/mol. The molecule has 0 saturated carbocycles. The zero-order valence-electron chi connectivity index (χ0n) is 8.38. The number of benzene rings is 1. The molecule has 0 aromatic heterocycles. The van der Waals surface area contributed by atoms with Gasteiger partial charge in [-0.3, -0.25) is 0 Å². The van der Waals surface area contributed by atoms with Crippen LogP contribution in [0, 0.1) is 0 Å². The SMILES string of the molecule is CC(C)(N)Cc1ccccc1CN. The molecule has 0 unspecified atom stereocenters. The second-order valence-electron chi connectivity index (χ2n) is 4.14. The Hall–Kier alpha value is -0.860. The first-order chi connectivity index (χ1) is 6.03. The van der Waals surface area contributed by atoms with Crippen molar-refractivity contribution in [1.29, 1.82) is 0 Å². The molecule has 72 valence electrons. The Morgan fingerprint density at radius 3 is 2.15 bits per heavy atom. The van der Waals surface area contributed by atoms with Gasteiger partial charge in [-0.15, -0.1) is 0 Å². The minimum atomic E-state index is -0.161. The third-order valence-corrected chi connectivity index (χ3v) is 1.98. The van der Waals surface area contributed by atoms with Crippen LogP contribution in [0.5, 0.6) is 0 Å². The molecule has 0 atom stereocenters. The first-order valence-corrected chi connectivity index (χ1v) is 4.58. The molecule has 0 aliphatic carbocycles. The van der Waals surface area contributed by atoms with Crippen LogP contribution >= 0.6 is 0 Å². The molecule has 4 N–H and O–H groups in total. The van der Waals surface area contributed by atoms with Crippen molar-refractivity contribution in [2.24, 2.45) is 11.5 Å². The molecule has 13 heavy (non-hydrogen) atoms. The summed E-state index contributed by atoms with van der Waals surface area (Å²) in [5.41, 5.74) is 13.9.